The van der Waals surface area contributed by atoms with Crippen molar-refractivity contribution >= 4 is 23.6 Å². The third-order valence-corrected chi connectivity index (χ3v) is 5.09. The second kappa shape index (κ2) is 7.47. The van der Waals surface area contributed by atoms with Gasteiger partial charge < -0.3 is 20.0 Å². The van der Waals surface area contributed by atoms with Crippen molar-refractivity contribution in [1.82, 2.24) is 20.2 Å². The Morgan fingerprint density at radius 2 is 2.04 bits per heavy atom. The van der Waals surface area contributed by atoms with Crippen LogP contribution in [0, 0.1) is 5.92 Å². The van der Waals surface area contributed by atoms with Gasteiger partial charge in [-0.1, -0.05) is 0 Å². The summed E-state index contributed by atoms with van der Waals surface area (Å²) >= 11 is 0. The molecule has 1 aromatic rings. The van der Waals surface area contributed by atoms with Crippen molar-refractivity contribution in [2.45, 2.75) is 33.2 Å². The van der Waals surface area contributed by atoms with Crippen molar-refractivity contribution in [2.75, 3.05) is 50.1 Å². The zero-order chi connectivity index (χ0) is 18.8. The number of nitrogens with zero attached hydrogens (tertiary/aromatic N) is 5. The van der Waals surface area contributed by atoms with Gasteiger partial charge in [-0.05, 0) is 19.8 Å². The van der Waals surface area contributed by atoms with Crippen LogP contribution in [0.3, 0.4) is 0 Å². The van der Waals surface area contributed by atoms with Crippen LogP contribution in [0.25, 0.3) is 0 Å². The molecule has 0 radical (unpaired) electrons. The lowest BCUT2D eigenvalue weighted by Crippen LogP contribution is -2.37. The molecule has 8 nitrogen and oxygen atoms in total. The summed E-state index contributed by atoms with van der Waals surface area (Å²) < 4.78 is 0. The van der Waals surface area contributed by atoms with Gasteiger partial charge in [-0.25, -0.2) is 4.98 Å². The minimum atomic E-state index is 0.000630. The molecule has 1 unspecified atom stereocenters. The van der Waals surface area contributed by atoms with Crippen molar-refractivity contribution < 1.29 is 9.59 Å². The summed E-state index contributed by atoms with van der Waals surface area (Å²) in [5, 5.41) is 2.92. The van der Waals surface area contributed by atoms with Crippen LogP contribution in [-0.2, 0) is 22.6 Å². The van der Waals surface area contributed by atoms with Gasteiger partial charge in [0.2, 0.25) is 17.8 Å². The molecule has 3 rings (SSSR count). The van der Waals surface area contributed by atoms with Gasteiger partial charge in [-0.15, -0.1) is 0 Å². The highest BCUT2D eigenvalue weighted by Crippen LogP contribution is 2.31. The molecule has 2 aliphatic heterocycles. The molecule has 1 aromatic heterocycles. The van der Waals surface area contributed by atoms with E-state index in [0.717, 1.165) is 36.5 Å². The van der Waals surface area contributed by atoms with Gasteiger partial charge in [0.25, 0.3) is 0 Å². The van der Waals surface area contributed by atoms with Gasteiger partial charge in [-0.2, -0.15) is 4.98 Å². The zero-order valence-corrected chi connectivity index (χ0v) is 16.1. The molecule has 8 heteroatoms. The molecular weight excluding hydrogens is 332 g/mol. The molecule has 1 atom stereocenters. The van der Waals surface area contributed by atoms with Gasteiger partial charge in [-0.3, -0.25) is 9.59 Å². The van der Waals surface area contributed by atoms with Crippen LogP contribution in [0.5, 0.6) is 0 Å². The molecule has 26 heavy (non-hydrogen) atoms. The number of carbonyl (C=O) groups excluding carboxylic acids is 2. The Bertz CT molecular complexity index is 705. The number of aromatic nitrogens is 2. The molecule has 0 spiro atoms. The second-order valence-electron chi connectivity index (χ2n) is 7.18. The number of fused-ring (bicyclic) bond motifs is 1. The minimum Gasteiger partial charge on any atom is -0.356 e. The quantitative estimate of drug-likeness (QED) is 0.838. The average Bonchev–Trinajstić information content (AvgIpc) is 3.10. The first-order valence-electron chi connectivity index (χ1n) is 9.26. The van der Waals surface area contributed by atoms with Gasteiger partial charge >= 0.3 is 0 Å². The van der Waals surface area contributed by atoms with Crippen molar-refractivity contribution in [1.29, 1.82) is 0 Å². The predicted molar refractivity (Wildman–Crippen MR) is 100 cm³/mol. The maximum atomic E-state index is 12.2. The van der Waals surface area contributed by atoms with Gasteiger partial charge in [0.05, 0.1) is 18.2 Å². The molecule has 0 bridgehead atoms. The number of hydrogen-bond donors (Lipinski definition) is 1. The maximum Gasteiger partial charge on any atom is 0.227 e. The summed E-state index contributed by atoms with van der Waals surface area (Å²) in [4.78, 5) is 39.3. The summed E-state index contributed by atoms with van der Waals surface area (Å²) in [6.45, 7) is 6.89. The van der Waals surface area contributed by atoms with E-state index in [-0.39, 0.29) is 17.7 Å². The normalized spacial score (nSPS) is 19.3. The maximum absolute atomic E-state index is 12.2. The number of carbonyl (C=O) groups is 2. The fourth-order valence-electron chi connectivity index (χ4n) is 3.61. The lowest BCUT2D eigenvalue weighted by atomic mass is 10.0. The first-order valence-corrected chi connectivity index (χ1v) is 9.26. The summed E-state index contributed by atoms with van der Waals surface area (Å²) in [7, 11) is 3.83. The van der Waals surface area contributed by atoms with E-state index in [1.54, 1.807) is 6.92 Å². The summed E-state index contributed by atoms with van der Waals surface area (Å²) in [5.74, 6) is 1.76. The van der Waals surface area contributed by atoms with Gasteiger partial charge in [0, 0.05) is 52.8 Å². The van der Waals surface area contributed by atoms with E-state index in [4.69, 9.17) is 4.98 Å². The largest absolute Gasteiger partial charge is 0.356 e. The monoisotopic (exact) mass is 360 g/mol. The number of amides is 2. The Hall–Kier alpha value is -2.38. The Labute approximate surface area is 154 Å². The van der Waals surface area contributed by atoms with E-state index < -0.39 is 0 Å². The van der Waals surface area contributed by atoms with E-state index >= 15 is 0 Å². The average molecular weight is 360 g/mol. The highest BCUT2D eigenvalue weighted by molar-refractivity contribution is 5.80. The van der Waals surface area contributed by atoms with E-state index in [2.05, 4.69) is 15.2 Å². The molecule has 0 saturated carbocycles. The molecule has 142 valence electrons. The second-order valence-corrected chi connectivity index (χ2v) is 7.18. The standard InChI is InChI=1S/C18H28N6O2/c1-5-19-17(26)13-6-8-24(10-13)16-14-7-9-23(12(2)25)11-15(14)20-18(21-16)22(3)4/h13H,5-11H2,1-4H3,(H,19,26). The van der Waals surface area contributed by atoms with E-state index in [9.17, 15) is 9.59 Å². The predicted octanol–water partition coefficient (Wildman–Crippen LogP) is 0.410. The summed E-state index contributed by atoms with van der Waals surface area (Å²) in [6, 6.07) is 0. The van der Waals surface area contributed by atoms with Crippen molar-refractivity contribution in [3.05, 3.63) is 11.3 Å². The number of hydrogen-bond acceptors (Lipinski definition) is 6. The highest BCUT2D eigenvalue weighted by Gasteiger charge is 2.32. The number of nitrogens with one attached hydrogen (secondary N) is 1. The SMILES string of the molecule is CCNC(=O)C1CCN(c2nc(N(C)C)nc3c2CCN(C(C)=O)C3)C1. The Balaban J connectivity index is 1.90. The molecule has 0 aromatic carbocycles. The molecule has 3 heterocycles. The fraction of sp³-hybridized carbons (Fsp3) is 0.667. The molecule has 1 fully saturated rings. The highest BCUT2D eigenvalue weighted by atomic mass is 16.2. The minimum absolute atomic E-state index is 0.000630. The first kappa shape index (κ1) is 18.4. The summed E-state index contributed by atoms with van der Waals surface area (Å²) in [6.07, 6.45) is 1.59. The molecular formula is C18H28N6O2. The molecule has 0 aliphatic carbocycles. The third kappa shape index (κ3) is 3.59. The number of rotatable bonds is 4. The van der Waals surface area contributed by atoms with Gasteiger partial charge in [0.1, 0.15) is 5.82 Å². The third-order valence-electron chi connectivity index (χ3n) is 5.09. The van der Waals surface area contributed by atoms with Gasteiger partial charge in [0.15, 0.2) is 0 Å². The Kier molecular flexibility index (Phi) is 5.29. The lowest BCUT2D eigenvalue weighted by molar-refractivity contribution is -0.129. The molecule has 1 saturated heterocycles. The fourth-order valence-corrected chi connectivity index (χ4v) is 3.61. The van der Waals surface area contributed by atoms with E-state index in [1.807, 2.05) is 30.8 Å². The molecule has 2 amide bonds. The van der Waals surface area contributed by atoms with Crippen molar-refractivity contribution in [2.24, 2.45) is 5.92 Å². The van der Waals surface area contributed by atoms with E-state index in [0.29, 0.717) is 32.1 Å². The first-order chi connectivity index (χ1) is 12.4. The number of anilines is 2. The van der Waals surface area contributed by atoms with Crippen LogP contribution in [0.1, 0.15) is 31.5 Å². The smallest absolute Gasteiger partial charge is 0.227 e. The molecule has 2 aliphatic rings. The van der Waals surface area contributed by atoms with E-state index in [1.165, 1.54) is 0 Å². The van der Waals surface area contributed by atoms with Crippen LogP contribution < -0.4 is 15.1 Å². The Morgan fingerprint density at radius 1 is 1.27 bits per heavy atom. The van der Waals surface area contributed by atoms with Crippen LogP contribution in [0.15, 0.2) is 0 Å². The Morgan fingerprint density at radius 3 is 2.69 bits per heavy atom. The van der Waals surface area contributed by atoms with Crippen LogP contribution >= 0.6 is 0 Å². The van der Waals surface area contributed by atoms with Crippen molar-refractivity contribution in [3.63, 3.8) is 0 Å². The zero-order valence-electron chi connectivity index (χ0n) is 16.1. The van der Waals surface area contributed by atoms with Crippen molar-refractivity contribution in [3.8, 4) is 0 Å². The van der Waals surface area contributed by atoms with Crippen LogP contribution in [-0.4, -0.2) is 67.0 Å². The van der Waals surface area contributed by atoms with Crippen LogP contribution in [0.2, 0.25) is 0 Å². The van der Waals surface area contributed by atoms with Crippen LogP contribution in [0.4, 0.5) is 11.8 Å². The summed E-state index contributed by atoms with van der Waals surface area (Å²) in [5.41, 5.74) is 2.03. The lowest BCUT2D eigenvalue weighted by Gasteiger charge is -2.31. The topological polar surface area (TPSA) is 81.7 Å². The molecule has 1 N–H and O–H groups in total.